The summed E-state index contributed by atoms with van der Waals surface area (Å²) >= 11 is 0. The average molecular weight is 501 g/mol. The van der Waals surface area contributed by atoms with E-state index in [0.29, 0.717) is 24.5 Å². The minimum Gasteiger partial charge on any atom is -0.493 e. The molecule has 0 radical (unpaired) electrons. The van der Waals surface area contributed by atoms with E-state index in [1.54, 1.807) is 24.1 Å². The SMILES string of the molecule is COc1ccccc1OCC(=O)N(Cc1ccc(C)cc1)[C@H](Cc1ccccc1)C(=O)NC1CCCC1. The Balaban J connectivity index is 1.61. The molecule has 37 heavy (non-hydrogen) atoms. The number of amides is 2. The van der Waals surface area contributed by atoms with Gasteiger partial charge in [-0.1, -0.05) is 85.1 Å². The molecule has 1 aliphatic rings. The number of nitrogens with zero attached hydrogens (tertiary/aromatic N) is 1. The number of hydrogen-bond acceptors (Lipinski definition) is 4. The van der Waals surface area contributed by atoms with E-state index < -0.39 is 6.04 Å². The molecule has 0 heterocycles. The Morgan fingerprint density at radius 1 is 0.892 bits per heavy atom. The molecule has 0 unspecified atom stereocenters. The van der Waals surface area contributed by atoms with Gasteiger partial charge in [0.25, 0.3) is 5.91 Å². The standard InChI is InChI=1S/C31H36N2O4/c1-23-16-18-25(19-17-23)21-33(30(34)22-37-29-15-9-8-14-28(29)36-2)27(20-24-10-4-3-5-11-24)31(35)32-26-12-6-7-13-26/h3-5,8-11,14-19,26-27H,6-7,12-13,20-22H2,1-2H3,(H,32,35)/t27-/m1/s1. The van der Waals surface area contributed by atoms with Gasteiger partial charge in [0, 0.05) is 19.0 Å². The van der Waals surface area contributed by atoms with Crippen molar-refractivity contribution in [3.05, 3.63) is 95.6 Å². The molecule has 0 saturated heterocycles. The Hall–Kier alpha value is -3.80. The van der Waals surface area contributed by atoms with Crippen LogP contribution in [0, 0.1) is 6.92 Å². The highest BCUT2D eigenvalue weighted by Crippen LogP contribution is 2.26. The van der Waals surface area contributed by atoms with E-state index in [-0.39, 0.29) is 24.5 Å². The van der Waals surface area contributed by atoms with Crippen LogP contribution in [0.2, 0.25) is 0 Å². The third kappa shape index (κ3) is 7.35. The first-order valence-corrected chi connectivity index (χ1v) is 13.0. The summed E-state index contributed by atoms with van der Waals surface area (Å²) in [5.74, 6) is 0.673. The van der Waals surface area contributed by atoms with Crippen molar-refractivity contribution in [2.24, 2.45) is 0 Å². The van der Waals surface area contributed by atoms with Gasteiger partial charge in [-0.3, -0.25) is 9.59 Å². The summed E-state index contributed by atoms with van der Waals surface area (Å²) < 4.78 is 11.3. The number of carbonyl (C=O) groups is 2. The number of benzene rings is 3. The molecule has 0 aliphatic heterocycles. The Morgan fingerprint density at radius 2 is 1.54 bits per heavy atom. The molecule has 0 aromatic heterocycles. The molecule has 1 aliphatic carbocycles. The van der Waals surface area contributed by atoms with Crippen LogP contribution >= 0.6 is 0 Å². The summed E-state index contributed by atoms with van der Waals surface area (Å²) in [4.78, 5) is 29.1. The number of carbonyl (C=O) groups excluding carboxylic acids is 2. The molecule has 2 amide bonds. The van der Waals surface area contributed by atoms with E-state index in [2.05, 4.69) is 5.32 Å². The number of nitrogens with one attached hydrogen (secondary N) is 1. The smallest absolute Gasteiger partial charge is 0.261 e. The van der Waals surface area contributed by atoms with Crippen molar-refractivity contribution < 1.29 is 19.1 Å². The van der Waals surface area contributed by atoms with Gasteiger partial charge in [0.05, 0.1) is 7.11 Å². The van der Waals surface area contributed by atoms with Crippen LogP contribution in [0.3, 0.4) is 0 Å². The van der Waals surface area contributed by atoms with E-state index in [1.165, 1.54) is 0 Å². The second kappa shape index (κ2) is 12.9. The van der Waals surface area contributed by atoms with Crippen molar-refractivity contribution in [3.63, 3.8) is 0 Å². The molecule has 0 spiro atoms. The van der Waals surface area contributed by atoms with Gasteiger partial charge in [-0.15, -0.1) is 0 Å². The van der Waals surface area contributed by atoms with Crippen LogP contribution in [0.15, 0.2) is 78.9 Å². The molecule has 3 aromatic rings. The largest absolute Gasteiger partial charge is 0.493 e. The van der Waals surface area contributed by atoms with Crippen molar-refractivity contribution in [2.75, 3.05) is 13.7 Å². The highest BCUT2D eigenvalue weighted by Gasteiger charge is 2.32. The summed E-state index contributed by atoms with van der Waals surface area (Å²) in [6, 6.07) is 24.6. The molecule has 4 rings (SSSR count). The topological polar surface area (TPSA) is 67.9 Å². The fraction of sp³-hybridized carbons (Fsp3) is 0.355. The summed E-state index contributed by atoms with van der Waals surface area (Å²) in [5, 5.41) is 3.23. The number of rotatable bonds is 11. The zero-order valence-electron chi connectivity index (χ0n) is 21.7. The molecule has 1 N–H and O–H groups in total. The van der Waals surface area contributed by atoms with Gasteiger partial charge in [0.15, 0.2) is 18.1 Å². The van der Waals surface area contributed by atoms with Gasteiger partial charge in [0.1, 0.15) is 6.04 Å². The first-order valence-electron chi connectivity index (χ1n) is 13.0. The molecular formula is C31H36N2O4. The minimum absolute atomic E-state index is 0.117. The van der Waals surface area contributed by atoms with Gasteiger partial charge in [-0.25, -0.2) is 0 Å². The summed E-state index contributed by atoms with van der Waals surface area (Å²) in [7, 11) is 1.57. The molecule has 1 atom stereocenters. The minimum atomic E-state index is -0.668. The van der Waals surface area contributed by atoms with E-state index in [0.717, 1.165) is 42.4 Å². The predicted molar refractivity (Wildman–Crippen MR) is 145 cm³/mol. The van der Waals surface area contributed by atoms with Crippen molar-refractivity contribution in [1.82, 2.24) is 10.2 Å². The molecule has 6 heteroatoms. The Bertz CT molecular complexity index is 1160. The highest BCUT2D eigenvalue weighted by molar-refractivity contribution is 5.88. The van der Waals surface area contributed by atoms with Crippen LogP contribution in [0.1, 0.15) is 42.4 Å². The fourth-order valence-electron chi connectivity index (χ4n) is 4.77. The number of ether oxygens (including phenoxy) is 2. The number of aryl methyl sites for hydroxylation is 1. The maximum atomic E-state index is 13.7. The number of para-hydroxylation sites is 2. The van der Waals surface area contributed by atoms with E-state index in [4.69, 9.17) is 9.47 Å². The zero-order valence-corrected chi connectivity index (χ0v) is 21.7. The van der Waals surface area contributed by atoms with Gasteiger partial charge in [0.2, 0.25) is 5.91 Å². The molecular weight excluding hydrogens is 464 g/mol. The lowest BCUT2D eigenvalue weighted by molar-refractivity contribution is -0.143. The maximum absolute atomic E-state index is 13.7. The highest BCUT2D eigenvalue weighted by atomic mass is 16.5. The monoisotopic (exact) mass is 500 g/mol. The zero-order chi connectivity index (χ0) is 26.0. The lowest BCUT2D eigenvalue weighted by Crippen LogP contribution is -2.53. The molecule has 1 fully saturated rings. The Kier molecular flexibility index (Phi) is 9.19. The fourth-order valence-corrected chi connectivity index (χ4v) is 4.77. The van der Waals surface area contributed by atoms with E-state index in [9.17, 15) is 9.59 Å². The first-order chi connectivity index (χ1) is 18.0. The summed E-state index contributed by atoms with van der Waals surface area (Å²) in [6.07, 6.45) is 4.62. The van der Waals surface area contributed by atoms with Gasteiger partial charge in [-0.2, -0.15) is 0 Å². The normalized spacial score (nSPS) is 14.1. The third-order valence-electron chi connectivity index (χ3n) is 6.87. The lowest BCUT2D eigenvalue weighted by Gasteiger charge is -2.32. The van der Waals surface area contributed by atoms with Crippen LogP contribution in [0.25, 0.3) is 0 Å². The van der Waals surface area contributed by atoms with Crippen LogP contribution in [-0.4, -0.2) is 42.5 Å². The molecule has 1 saturated carbocycles. The quantitative estimate of drug-likeness (QED) is 0.399. The Morgan fingerprint density at radius 3 is 2.22 bits per heavy atom. The second-order valence-corrected chi connectivity index (χ2v) is 9.64. The number of methoxy groups -OCH3 is 1. The molecule has 0 bridgehead atoms. The van der Waals surface area contributed by atoms with Crippen molar-refractivity contribution >= 4 is 11.8 Å². The predicted octanol–water partition coefficient (Wildman–Crippen LogP) is 5.08. The van der Waals surface area contributed by atoms with Crippen LogP contribution in [-0.2, 0) is 22.6 Å². The number of hydrogen-bond donors (Lipinski definition) is 1. The van der Waals surface area contributed by atoms with Gasteiger partial charge in [-0.05, 0) is 43.0 Å². The van der Waals surface area contributed by atoms with Crippen LogP contribution in [0.5, 0.6) is 11.5 Å². The Labute approximate surface area is 219 Å². The summed E-state index contributed by atoms with van der Waals surface area (Å²) in [5.41, 5.74) is 3.10. The lowest BCUT2D eigenvalue weighted by atomic mass is 10.0. The van der Waals surface area contributed by atoms with Crippen molar-refractivity contribution in [2.45, 2.75) is 57.7 Å². The summed E-state index contributed by atoms with van der Waals surface area (Å²) in [6.45, 7) is 2.14. The molecule has 194 valence electrons. The average Bonchev–Trinajstić information content (AvgIpc) is 3.44. The van der Waals surface area contributed by atoms with Gasteiger partial charge < -0.3 is 19.7 Å². The third-order valence-corrected chi connectivity index (χ3v) is 6.87. The molecule has 3 aromatic carbocycles. The van der Waals surface area contributed by atoms with Crippen molar-refractivity contribution in [3.8, 4) is 11.5 Å². The van der Waals surface area contributed by atoms with Crippen LogP contribution in [0.4, 0.5) is 0 Å². The van der Waals surface area contributed by atoms with Crippen LogP contribution < -0.4 is 14.8 Å². The van der Waals surface area contributed by atoms with E-state index >= 15 is 0 Å². The first kappa shape index (κ1) is 26.3. The second-order valence-electron chi connectivity index (χ2n) is 9.64. The van der Waals surface area contributed by atoms with E-state index in [1.807, 2.05) is 73.7 Å². The van der Waals surface area contributed by atoms with Gasteiger partial charge >= 0.3 is 0 Å². The molecule has 6 nitrogen and oxygen atoms in total. The maximum Gasteiger partial charge on any atom is 0.261 e. The van der Waals surface area contributed by atoms with Crippen molar-refractivity contribution in [1.29, 1.82) is 0 Å².